The Bertz CT molecular complexity index is 862. The minimum absolute atomic E-state index is 0.0614. The Morgan fingerprint density at radius 2 is 2.07 bits per heavy atom. The van der Waals surface area contributed by atoms with Crippen molar-refractivity contribution in [3.63, 3.8) is 0 Å². The molecule has 0 aliphatic carbocycles. The van der Waals surface area contributed by atoms with Crippen molar-refractivity contribution in [1.29, 1.82) is 0 Å². The SMILES string of the molecule is Cc1nn(C)c(Cl)c1C=CC(=O)N1CCCN1C(=O)CCc1cccnc1. The average Bonchev–Trinajstić information content (AvgIpc) is 3.24. The molecule has 2 amide bonds. The van der Waals surface area contributed by atoms with Crippen LogP contribution in [0.15, 0.2) is 30.6 Å². The number of halogens is 1. The summed E-state index contributed by atoms with van der Waals surface area (Å²) in [4.78, 5) is 29.2. The number of carbonyl (C=O) groups excluding carboxylic acids is 2. The van der Waals surface area contributed by atoms with Crippen molar-refractivity contribution in [2.75, 3.05) is 13.1 Å². The average molecular weight is 388 g/mol. The Hall–Kier alpha value is -2.67. The molecular weight excluding hydrogens is 366 g/mol. The summed E-state index contributed by atoms with van der Waals surface area (Å²) in [6.45, 7) is 2.92. The Labute approximate surface area is 163 Å². The van der Waals surface area contributed by atoms with E-state index in [1.54, 1.807) is 35.2 Å². The van der Waals surface area contributed by atoms with Crippen LogP contribution in [0.4, 0.5) is 0 Å². The number of amides is 2. The van der Waals surface area contributed by atoms with E-state index in [4.69, 9.17) is 11.6 Å². The van der Waals surface area contributed by atoms with Crippen molar-refractivity contribution in [3.8, 4) is 0 Å². The molecule has 8 heteroatoms. The van der Waals surface area contributed by atoms with Crippen LogP contribution < -0.4 is 0 Å². The number of aromatic nitrogens is 3. The van der Waals surface area contributed by atoms with Crippen molar-refractivity contribution >= 4 is 29.5 Å². The first kappa shape index (κ1) is 19.1. The van der Waals surface area contributed by atoms with Crippen molar-refractivity contribution in [3.05, 3.63) is 52.6 Å². The van der Waals surface area contributed by atoms with Gasteiger partial charge in [-0.3, -0.25) is 24.3 Å². The van der Waals surface area contributed by atoms with Gasteiger partial charge in [-0.15, -0.1) is 0 Å². The number of hydrogen-bond acceptors (Lipinski definition) is 4. The van der Waals surface area contributed by atoms with Gasteiger partial charge in [0.15, 0.2) is 0 Å². The highest BCUT2D eigenvalue weighted by Gasteiger charge is 2.29. The molecule has 0 aromatic carbocycles. The molecule has 1 aliphatic heterocycles. The predicted molar refractivity (Wildman–Crippen MR) is 103 cm³/mol. The number of pyridine rings is 1. The van der Waals surface area contributed by atoms with Gasteiger partial charge in [0.05, 0.1) is 5.69 Å². The largest absolute Gasteiger partial charge is 0.273 e. The smallest absolute Gasteiger partial charge is 0.265 e. The van der Waals surface area contributed by atoms with E-state index >= 15 is 0 Å². The maximum absolute atomic E-state index is 12.6. The van der Waals surface area contributed by atoms with Crippen molar-refractivity contribution in [2.45, 2.75) is 26.2 Å². The Kier molecular flexibility index (Phi) is 5.91. The second kappa shape index (κ2) is 8.35. The monoisotopic (exact) mass is 387 g/mol. The van der Waals surface area contributed by atoms with E-state index in [0.717, 1.165) is 17.7 Å². The maximum Gasteiger partial charge on any atom is 0.265 e. The Morgan fingerprint density at radius 1 is 1.30 bits per heavy atom. The Balaban J connectivity index is 1.63. The fourth-order valence-electron chi connectivity index (χ4n) is 3.10. The number of rotatable bonds is 5. The van der Waals surface area contributed by atoms with Crippen LogP contribution >= 0.6 is 11.6 Å². The van der Waals surface area contributed by atoms with Crippen molar-refractivity contribution in [2.24, 2.45) is 7.05 Å². The van der Waals surface area contributed by atoms with Gasteiger partial charge >= 0.3 is 0 Å². The summed E-state index contributed by atoms with van der Waals surface area (Å²) < 4.78 is 1.56. The minimum Gasteiger partial charge on any atom is -0.273 e. The van der Waals surface area contributed by atoms with E-state index in [0.29, 0.717) is 36.6 Å². The summed E-state index contributed by atoms with van der Waals surface area (Å²) >= 11 is 6.19. The van der Waals surface area contributed by atoms with Crippen LogP contribution in [0.5, 0.6) is 0 Å². The van der Waals surface area contributed by atoms with Crippen LogP contribution in [-0.2, 0) is 23.1 Å². The lowest BCUT2D eigenvalue weighted by Gasteiger charge is -2.27. The van der Waals surface area contributed by atoms with E-state index in [9.17, 15) is 9.59 Å². The van der Waals surface area contributed by atoms with Gasteiger partial charge < -0.3 is 0 Å². The number of hydrogen-bond donors (Lipinski definition) is 0. The minimum atomic E-state index is -0.235. The first-order valence-corrected chi connectivity index (χ1v) is 9.23. The highest BCUT2D eigenvalue weighted by molar-refractivity contribution is 6.31. The van der Waals surface area contributed by atoms with Gasteiger partial charge in [-0.25, -0.2) is 5.01 Å². The van der Waals surface area contributed by atoms with E-state index in [1.807, 2.05) is 19.1 Å². The van der Waals surface area contributed by atoms with E-state index < -0.39 is 0 Å². The summed E-state index contributed by atoms with van der Waals surface area (Å²) in [6, 6.07) is 3.79. The van der Waals surface area contributed by atoms with E-state index in [2.05, 4.69) is 10.1 Å². The molecular formula is C19H22ClN5O2. The molecule has 0 N–H and O–H groups in total. The lowest BCUT2D eigenvalue weighted by Crippen LogP contribution is -2.44. The summed E-state index contributed by atoms with van der Waals surface area (Å²) in [6.07, 6.45) is 8.27. The molecule has 27 heavy (non-hydrogen) atoms. The van der Waals surface area contributed by atoms with Gasteiger partial charge in [0, 0.05) is 50.6 Å². The molecule has 0 spiro atoms. The molecule has 0 unspecified atom stereocenters. The number of hydrazine groups is 1. The summed E-state index contributed by atoms with van der Waals surface area (Å²) in [7, 11) is 1.75. The predicted octanol–water partition coefficient (Wildman–Crippen LogP) is 2.40. The highest BCUT2D eigenvalue weighted by Crippen LogP contribution is 2.21. The van der Waals surface area contributed by atoms with Crippen LogP contribution in [0.1, 0.15) is 29.7 Å². The molecule has 1 fully saturated rings. The lowest BCUT2D eigenvalue weighted by molar-refractivity contribution is -0.154. The first-order chi connectivity index (χ1) is 13.0. The maximum atomic E-state index is 12.6. The molecule has 3 rings (SSSR count). The van der Waals surface area contributed by atoms with Crippen LogP contribution in [-0.4, -0.2) is 49.7 Å². The summed E-state index contributed by atoms with van der Waals surface area (Å²) in [5, 5.41) is 7.74. The molecule has 0 atom stereocenters. The van der Waals surface area contributed by atoms with Gasteiger partial charge in [-0.1, -0.05) is 17.7 Å². The van der Waals surface area contributed by atoms with Crippen molar-refractivity contribution < 1.29 is 9.59 Å². The molecule has 0 radical (unpaired) electrons. The number of nitrogens with zero attached hydrogens (tertiary/aromatic N) is 5. The van der Waals surface area contributed by atoms with Gasteiger partial charge in [0.1, 0.15) is 5.15 Å². The molecule has 3 heterocycles. The molecule has 2 aromatic heterocycles. The zero-order valence-corrected chi connectivity index (χ0v) is 16.2. The Morgan fingerprint density at radius 3 is 2.74 bits per heavy atom. The van der Waals surface area contributed by atoms with E-state index in [-0.39, 0.29) is 11.8 Å². The normalized spacial score (nSPS) is 14.3. The highest BCUT2D eigenvalue weighted by atomic mass is 35.5. The topological polar surface area (TPSA) is 71.3 Å². The fourth-order valence-corrected chi connectivity index (χ4v) is 3.34. The number of carbonyl (C=O) groups is 2. The zero-order chi connectivity index (χ0) is 19.4. The quantitative estimate of drug-likeness (QED) is 0.738. The molecule has 1 aliphatic rings. The molecule has 2 aromatic rings. The van der Waals surface area contributed by atoms with Gasteiger partial charge in [0.2, 0.25) is 5.91 Å². The van der Waals surface area contributed by atoms with Crippen LogP contribution in [0.2, 0.25) is 5.15 Å². The van der Waals surface area contributed by atoms with Gasteiger partial charge in [-0.2, -0.15) is 5.10 Å². The second-order valence-corrected chi connectivity index (χ2v) is 6.80. The lowest BCUT2D eigenvalue weighted by atomic mass is 10.1. The number of aryl methyl sites for hydroxylation is 3. The third kappa shape index (κ3) is 4.36. The fraction of sp³-hybridized carbons (Fsp3) is 0.368. The zero-order valence-electron chi connectivity index (χ0n) is 15.4. The first-order valence-electron chi connectivity index (χ1n) is 8.85. The van der Waals surface area contributed by atoms with Crippen molar-refractivity contribution in [1.82, 2.24) is 24.8 Å². The van der Waals surface area contributed by atoms with Crippen LogP contribution in [0, 0.1) is 6.92 Å². The molecule has 1 saturated heterocycles. The molecule has 7 nitrogen and oxygen atoms in total. The summed E-state index contributed by atoms with van der Waals surface area (Å²) in [5.41, 5.74) is 2.46. The third-order valence-electron chi connectivity index (χ3n) is 4.51. The van der Waals surface area contributed by atoms with E-state index in [1.165, 1.54) is 11.1 Å². The molecule has 142 valence electrons. The second-order valence-electron chi connectivity index (χ2n) is 6.44. The summed E-state index contributed by atoms with van der Waals surface area (Å²) in [5.74, 6) is -0.296. The molecule has 0 saturated carbocycles. The standard InChI is InChI=1S/C19H22ClN5O2/c1-14-16(19(20)23(2)22-14)7-9-18(27)25-12-4-11-24(25)17(26)8-6-15-5-3-10-21-13-15/h3,5,7,9-10,13H,4,6,8,11-12H2,1-2H3. The van der Waals surface area contributed by atoms with Gasteiger partial charge in [0.25, 0.3) is 5.91 Å². The van der Waals surface area contributed by atoms with Crippen LogP contribution in [0.25, 0.3) is 6.08 Å². The molecule has 0 bridgehead atoms. The van der Waals surface area contributed by atoms with Crippen LogP contribution in [0.3, 0.4) is 0 Å². The third-order valence-corrected chi connectivity index (χ3v) is 4.96. The van der Waals surface area contributed by atoms with Gasteiger partial charge in [-0.05, 0) is 37.5 Å².